The first-order valence-corrected chi connectivity index (χ1v) is 5.89. The van der Waals surface area contributed by atoms with Crippen LogP contribution in [-0.2, 0) is 16.0 Å². The van der Waals surface area contributed by atoms with E-state index < -0.39 is 0 Å². The Bertz CT molecular complexity index is 346. The maximum Gasteiger partial charge on any atom is 0.319 e. The van der Waals surface area contributed by atoms with Crippen LogP contribution in [0.5, 0.6) is 0 Å². The van der Waals surface area contributed by atoms with E-state index in [0.717, 1.165) is 12.8 Å². The molecular formula is C14H21NO2. The molecule has 17 heavy (non-hydrogen) atoms. The van der Waals surface area contributed by atoms with Gasteiger partial charge in [-0.25, -0.2) is 0 Å². The second kappa shape index (κ2) is 6.40. The van der Waals surface area contributed by atoms with Gasteiger partial charge in [0.05, 0.1) is 13.7 Å². The summed E-state index contributed by atoms with van der Waals surface area (Å²) in [4.78, 5) is 11.0. The van der Waals surface area contributed by atoms with Crippen LogP contribution in [-0.4, -0.2) is 25.2 Å². The van der Waals surface area contributed by atoms with Gasteiger partial charge in [-0.2, -0.15) is 0 Å². The third kappa shape index (κ3) is 5.50. The molecule has 0 heterocycles. The normalized spacial score (nSPS) is 11.2. The van der Waals surface area contributed by atoms with Gasteiger partial charge in [0.1, 0.15) is 0 Å². The van der Waals surface area contributed by atoms with E-state index in [4.69, 9.17) is 0 Å². The van der Waals surface area contributed by atoms with Gasteiger partial charge in [-0.15, -0.1) is 0 Å². The summed E-state index contributed by atoms with van der Waals surface area (Å²) in [6, 6.07) is 10.4. The molecule has 0 bridgehead atoms. The number of carbonyl (C=O) groups is 1. The Kier molecular flexibility index (Phi) is 5.16. The molecule has 0 saturated heterocycles. The van der Waals surface area contributed by atoms with Crippen LogP contribution in [0.25, 0.3) is 0 Å². The zero-order valence-electron chi connectivity index (χ0n) is 10.8. The van der Waals surface area contributed by atoms with Crippen LogP contribution in [0.4, 0.5) is 0 Å². The van der Waals surface area contributed by atoms with Crippen LogP contribution in [0.2, 0.25) is 0 Å². The van der Waals surface area contributed by atoms with Gasteiger partial charge >= 0.3 is 5.97 Å². The third-order valence-corrected chi connectivity index (χ3v) is 2.82. The molecule has 1 rings (SSSR count). The zero-order valence-corrected chi connectivity index (χ0v) is 10.8. The third-order valence-electron chi connectivity index (χ3n) is 2.82. The van der Waals surface area contributed by atoms with Crippen LogP contribution >= 0.6 is 0 Å². The van der Waals surface area contributed by atoms with Gasteiger partial charge in [0, 0.05) is 5.54 Å². The lowest BCUT2D eigenvalue weighted by Gasteiger charge is -2.25. The molecule has 0 spiro atoms. The second-order valence-electron chi connectivity index (χ2n) is 4.80. The molecule has 1 N–H and O–H groups in total. The lowest BCUT2D eigenvalue weighted by Crippen LogP contribution is -2.42. The van der Waals surface area contributed by atoms with E-state index in [2.05, 4.69) is 36.0 Å². The molecule has 0 saturated carbocycles. The number of benzene rings is 1. The number of aryl methyl sites for hydroxylation is 1. The second-order valence-corrected chi connectivity index (χ2v) is 4.80. The van der Waals surface area contributed by atoms with E-state index >= 15 is 0 Å². The molecule has 1 aromatic carbocycles. The first-order valence-electron chi connectivity index (χ1n) is 5.89. The Morgan fingerprint density at radius 1 is 1.29 bits per heavy atom. The van der Waals surface area contributed by atoms with Gasteiger partial charge in [-0.05, 0) is 32.3 Å². The average Bonchev–Trinajstić information content (AvgIpc) is 2.35. The Balaban J connectivity index is 2.36. The van der Waals surface area contributed by atoms with Gasteiger partial charge in [0.15, 0.2) is 0 Å². The van der Waals surface area contributed by atoms with E-state index in [1.807, 2.05) is 18.2 Å². The molecule has 0 aliphatic carbocycles. The number of esters is 1. The van der Waals surface area contributed by atoms with E-state index in [0.29, 0.717) is 0 Å². The van der Waals surface area contributed by atoms with Crippen molar-refractivity contribution in [1.82, 2.24) is 5.32 Å². The molecule has 0 amide bonds. The Morgan fingerprint density at radius 2 is 1.94 bits per heavy atom. The topological polar surface area (TPSA) is 38.3 Å². The highest BCUT2D eigenvalue weighted by Crippen LogP contribution is 2.13. The molecule has 3 nitrogen and oxygen atoms in total. The molecule has 0 fully saturated rings. The quantitative estimate of drug-likeness (QED) is 0.768. The van der Waals surface area contributed by atoms with Gasteiger partial charge in [-0.1, -0.05) is 30.3 Å². The van der Waals surface area contributed by atoms with Crippen molar-refractivity contribution in [3.63, 3.8) is 0 Å². The van der Waals surface area contributed by atoms with E-state index in [1.165, 1.54) is 12.7 Å². The highest BCUT2D eigenvalue weighted by atomic mass is 16.5. The summed E-state index contributed by atoms with van der Waals surface area (Å²) in [5.41, 5.74) is 1.25. The number of ether oxygens (including phenoxy) is 1. The highest BCUT2D eigenvalue weighted by Gasteiger charge is 2.18. The SMILES string of the molecule is COC(=O)CNC(C)(C)CCc1ccccc1. The predicted octanol–water partition coefficient (Wildman–Crippen LogP) is 2.16. The van der Waals surface area contributed by atoms with Crippen molar-refractivity contribution in [2.24, 2.45) is 0 Å². The minimum absolute atomic E-state index is 0.0654. The van der Waals surface area contributed by atoms with Crippen LogP contribution < -0.4 is 5.32 Å². The first-order chi connectivity index (χ1) is 8.03. The molecule has 3 heteroatoms. The first kappa shape index (κ1) is 13.7. The number of carbonyl (C=O) groups excluding carboxylic acids is 1. The van der Waals surface area contributed by atoms with Crippen LogP contribution in [0.1, 0.15) is 25.8 Å². The summed E-state index contributed by atoms with van der Waals surface area (Å²) in [5.74, 6) is -0.224. The maximum absolute atomic E-state index is 11.0. The highest BCUT2D eigenvalue weighted by molar-refractivity contribution is 5.71. The van der Waals surface area contributed by atoms with Crippen molar-refractivity contribution in [1.29, 1.82) is 0 Å². The van der Waals surface area contributed by atoms with Gasteiger partial charge in [-0.3, -0.25) is 4.79 Å². The van der Waals surface area contributed by atoms with Crippen LogP contribution in [0, 0.1) is 0 Å². The van der Waals surface area contributed by atoms with E-state index in [1.54, 1.807) is 0 Å². The van der Waals surface area contributed by atoms with E-state index in [9.17, 15) is 4.79 Å². The number of methoxy groups -OCH3 is 1. The van der Waals surface area contributed by atoms with Gasteiger partial charge in [0.25, 0.3) is 0 Å². The molecule has 94 valence electrons. The van der Waals surface area contributed by atoms with Crippen molar-refractivity contribution in [3.05, 3.63) is 35.9 Å². The summed E-state index contributed by atoms with van der Waals surface area (Å²) in [5, 5.41) is 3.21. The van der Waals surface area contributed by atoms with Crippen molar-refractivity contribution < 1.29 is 9.53 Å². The predicted molar refractivity (Wildman–Crippen MR) is 68.9 cm³/mol. The molecule has 1 aromatic rings. The van der Waals surface area contributed by atoms with Gasteiger partial charge < -0.3 is 10.1 Å². The number of hydrogen-bond donors (Lipinski definition) is 1. The Labute approximate surface area is 103 Å². The molecule has 0 radical (unpaired) electrons. The minimum Gasteiger partial charge on any atom is -0.468 e. The summed E-state index contributed by atoms with van der Waals surface area (Å²) in [7, 11) is 1.40. The fraction of sp³-hybridized carbons (Fsp3) is 0.500. The number of rotatable bonds is 6. The molecular weight excluding hydrogens is 214 g/mol. The molecule has 0 atom stereocenters. The minimum atomic E-state index is -0.224. The maximum atomic E-state index is 11.0. The van der Waals surface area contributed by atoms with Crippen molar-refractivity contribution >= 4 is 5.97 Å². The van der Waals surface area contributed by atoms with Crippen molar-refractivity contribution in [2.75, 3.05) is 13.7 Å². The molecule has 0 unspecified atom stereocenters. The number of hydrogen-bond acceptors (Lipinski definition) is 3. The van der Waals surface area contributed by atoms with Crippen molar-refractivity contribution in [3.8, 4) is 0 Å². The summed E-state index contributed by atoms with van der Waals surface area (Å²) in [6.07, 6.45) is 1.98. The van der Waals surface area contributed by atoms with Crippen molar-refractivity contribution in [2.45, 2.75) is 32.2 Å². The fourth-order valence-corrected chi connectivity index (χ4v) is 1.57. The largest absolute Gasteiger partial charge is 0.468 e. The Morgan fingerprint density at radius 3 is 2.53 bits per heavy atom. The zero-order chi connectivity index (χ0) is 12.7. The fourth-order valence-electron chi connectivity index (χ4n) is 1.57. The molecule has 0 aromatic heterocycles. The molecule has 0 aliphatic heterocycles. The lowest BCUT2D eigenvalue weighted by atomic mass is 9.95. The summed E-state index contributed by atoms with van der Waals surface area (Å²) >= 11 is 0. The smallest absolute Gasteiger partial charge is 0.319 e. The summed E-state index contributed by atoms with van der Waals surface area (Å²) < 4.78 is 4.61. The average molecular weight is 235 g/mol. The Hall–Kier alpha value is -1.35. The van der Waals surface area contributed by atoms with E-state index in [-0.39, 0.29) is 18.1 Å². The summed E-state index contributed by atoms with van der Waals surface area (Å²) in [6.45, 7) is 4.45. The lowest BCUT2D eigenvalue weighted by molar-refractivity contribution is -0.139. The van der Waals surface area contributed by atoms with Crippen LogP contribution in [0.15, 0.2) is 30.3 Å². The molecule has 0 aliphatic rings. The van der Waals surface area contributed by atoms with Gasteiger partial charge in [0.2, 0.25) is 0 Å². The monoisotopic (exact) mass is 235 g/mol. The standard InChI is InChI=1S/C14H21NO2/c1-14(2,15-11-13(16)17-3)10-9-12-7-5-4-6-8-12/h4-8,15H,9-11H2,1-3H3. The number of nitrogens with one attached hydrogen (secondary N) is 1. The van der Waals surface area contributed by atoms with Crippen LogP contribution in [0.3, 0.4) is 0 Å².